The minimum atomic E-state index is -3.18. The van der Waals surface area contributed by atoms with Crippen LogP contribution >= 0.6 is 0 Å². The lowest BCUT2D eigenvalue weighted by Gasteiger charge is -2.35. The molecule has 41 heavy (non-hydrogen) atoms. The number of sulfonamides is 1. The van der Waals surface area contributed by atoms with E-state index in [1.807, 2.05) is 26.0 Å². The van der Waals surface area contributed by atoms with Crippen LogP contribution in [0.25, 0.3) is 0 Å². The van der Waals surface area contributed by atoms with Crippen molar-refractivity contribution >= 4 is 50.7 Å². The lowest BCUT2D eigenvalue weighted by atomic mass is 10.1. The van der Waals surface area contributed by atoms with Gasteiger partial charge in [0.2, 0.25) is 16.0 Å². The zero-order valence-corrected chi connectivity index (χ0v) is 24.4. The molecule has 5 heterocycles. The summed E-state index contributed by atoms with van der Waals surface area (Å²) in [5, 5.41) is 6.56. The smallest absolute Gasteiger partial charge is 0.266 e. The molecule has 3 aromatic rings. The molecule has 6 rings (SSSR count). The third-order valence-corrected chi connectivity index (χ3v) is 9.09. The van der Waals surface area contributed by atoms with E-state index in [1.54, 1.807) is 21.5 Å². The van der Waals surface area contributed by atoms with Gasteiger partial charge in [0, 0.05) is 54.9 Å². The summed E-state index contributed by atoms with van der Waals surface area (Å²) < 4.78 is 31.3. The van der Waals surface area contributed by atoms with Gasteiger partial charge in [-0.25, -0.2) is 18.4 Å². The van der Waals surface area contributed by atoms with Crippen molar-refractivity contribution in [1.29, 1.82) is 0 Å². The molecule has 0 spiro atoms. The zero-order valence-electron chi connectivity index (χ0n) is 23.6. The Morgan fingerprint density at radius 3 is 2.59 bits per heavy atom. The van der Waals surface area contributed by atoms with Gasteiger partial charge in [0.1, 0.15) is 11.6 Å². The van der Waals surface area contributed by atoms with Gasteiger partial charge >= 0.3 is 0 Å². The molecule has 2 atom stereocenters. The van der Waals surface area contributed by atoms with Crippen LogP contribution in [-0.2, 0) is 14.8 Å². The highest BCUT2D eigenvalue weighted by Crippen LogP contribution is 2.38. The lowest BCUT2D eigenvalue weighted by Crippen LogP contribution is -2.48. The lowest BCUT2D eigenvalue weighted by molar-refractivity contribution is -0.121. The van der Waals surface area contributed by atoms with E-state index in [2.05, 4.69) is 49.5 Å². The Bertz CT molecular complexity index is 1610. The monoisotopic (exact) mass is 578 g/mol. The molecule has 216 valence electrons. The normalized spacial score (nSPS) is 20.2. The standard InChI is InChI=1S/C28H34N8O4S/c1-5-10-34-25(37)16-40-23-8-9-24(32-27(23)34)31-26-18(3)13-29-28(33-26)30-19-6-7-22(17(2)11-19)35-14-21-12-20(35)15-36(21)41(4,38)39/h6-9,11,13,20-21H,5,10,12,14-16H2,1-4H3,(H2,29,30,31,32,33). The number of aromatic nitrogens is 3. The Morgan fingerprint density at radius 2 is 1.88 bits per heavy atom. The number of nitrogens with one attached hydrogen (secondary N) is 2. The van der Waals surface area contributed by atoms with Crippen LogP contribution in [0.4, 0.5) is 34.8 Å². The van der Waals surface area contributed by atoms with Crippen molar-refractivity contribution in [2.24, 2.45) is 0 Å². The summed E-state index contributed by atoms with van der Waals surface area (Å²) in [5.41, 5.74) is 3.89. The molecule has 0 aliphatic carbocycles. The minimum Gasteiger partial charge on any atom is -0.480 e. The second-order valence-corrected chi connectivity index (χ2v) is 12.8. The Kier molecular flexibility index (Phi) is 6.94. The first-order valence-corrected chi connectivity index (χ1v) is 15.6. The number of hydrogen-bond donors (Lipinski definition) is 2. The maximum atomic E-state index is 12.4. The maximum Gasteiger partial charge on any atom is 0.266 e. The van der Waals surface area contributed by atoms with Gasteiger partial charge in [0.25, 0.3) is 5.91 Å². The number of hydrogen-bond acceptors (Lipinski definition) is 10. The van der Waals surface area contributed by atoms with Crippen molar-refractivity contribution in [3.05, 3.63) is 47.7 Å². The van der Waals surface area contributed by atoms with Crippen LogP contribution in [0.5, 0.6) is 5.75 Å². The topological polar surface area (TPSA) is 133 Å². The van der Waals surface area contributed by atoms with Crippen LogP contribution < -0.4 is 25.2 Å². The molecule has 2 fully saturated rings. The fraction of sp³-hybridized carbons (Fsp3) is 0.429. The molecule has 13 heteroatoms. The van der Waals surface area contributed by atoms with Gasteiger partial charge < -0.3 is 20.3 Å². The van der Waals surface area contributed by atoms with Crippen molar-refractivity contribution in [3.8, 4) is 5.75 Å². The summed E-state index contributed by atoms with van der Waals surface area (Å²) >= 11 is 0. The van der Waals surface area contributed by atoms with Crippen LogP contribution in [-0.4, -0.2) is 78.2 Å². The van der Waals surface area contributed by atoms with Crippen molar-refractivity contribution in [2.45, 2.75) is 45.7 Å². The number of carbonyl (C=O) groups is 1. The predicted octanol–water partition coefficient (Wildman–Crippen LogP) is 3.33. The molecular weight excluding hydrogens is 544 g/mol. The van der Waals surface area contributed by atoms with Gasteiger partial charge in [-0.1, -0.05) is 6.92 Å². The van der Waals surface area contributed by atoms with E-state index in [0.29, 0.717) is 48.8 Å². The number of rotatable bonds is 8. The third kappa shape index (κ3) is 5.26. The Balaban J connectivity index is 1.17. The Morgan fingerprint density at radius 1 is 1.05 bits per heavy atom. The summed E-state index contributed by atoms with van der Waals surface area (Å²) in [7, 11) is -3.18. The molecule has 2 N–H and O–H groups in total. The highest BCUT2D eigenvalue weighted by Gasteiger charge is 2.47. The van der Waals surface area contributed by atoms with E-state index in [9.17, 15) is 13.2 Å². The first-order chi connectivity index (χ1) is 19.6. The zero-order chi connectivity index (χ0) is 28.9. The summed E-state index contributed by atoms with van der Waals surface area (Å²) in [6.45, 7) is 7.81. The van der Waals surface area contributed by atoms with Gasteiger partial charge in [0.15, 0.2) is 18.2 Å². The average Bonchev–Trinajstić information content (AvgIpc) is 3.54. The van der Waals surface area contributed by atoms with Gasteiger partial charge in [-0.2, -0.15) is 9.29 Å². The van der Waals surface area contributed by atoms with Gasteiger partial charge in [-0.15, -0.1) is 0 Å². The summed E-state index contributed by atoms with van der Waals surface area (Å²) in [5.74, 6) is 2.55. The number of amides is 1. The molecule has 2 aromatic heterocycles. The quantitative estimate of drug-likeness (QED) is 0.410. The summed E-state index contributed by atoms with van der Waals surface area (Å²) in [4.78, 5) is 30.1. The van der Waals surface area contributed by atoms with E-state index in [-0.39, 0.29) is 24.6 Å². The number of anilines is 6. The second kappa shape index (κ2) is 10.5. The van der Waals surface area contributed by atoms with Crippen LogP contribution in [0.3, 0.4) is 0 Å². The summed E-state index contributed by atoms with van der Waals surface area (Å²) in [6.07, 6.45) is 4.70. The molecule has 3 aliphatic rings. The van der Waals surface area contributed by atoms with E-state index in [1.165, 1.54) is 6.26 Å². The van der Waals surface area contributed by atoms with E-state index in [0.717, 1.165) is 35.3 Å². The molecule has 2 bridgehead atoms. The molecular formula is C28H34N8O4S. The molecule has 0 radical (unpaired) electrons. The number of aryl methyl sites for hydroxylation is 2. The molecule has 1 amide bonds. The molecule has 12 nitrogen and oxygen atoms in total. The molecule has 1 aromatic carbocycles. The number of nitrogens with zero attached hydrogens (tertiary/aromatic N) is 6. The predicted molar refractivity (Wildman–Crippen MR) is 158 cm³/mol. The molecule has 2 unspecified atom stereocenters. The first-order valence-electron chi connectivity index (χ1n) is 13.8. The number of benzene rings is 1. The number of piperazine rings is 1. The van der Waals surface area contributed by atoms with E-state index in [4.69, 9.17) is 4.74 Å². The molecule has 2 saturated heterocycles. The van der Waals surface area contributed by atoms with Crippen LogP contribution in [0.15, 0.2) is 36.5 Å². The average molecular weight is 579 g/mol. The third-order valence-electron chi connectivity index (χ3n) is 7.79. The number of fused-ring (bicyclic) bond motifs is 3. The van der Waals surface area contributed by atoms with Gasteiger partial charge in [0.05, 0.1) is 6.26 Å². The maximum absolute atomic E-state index is 12.4. The highest BCUT2D eigenvalue weighted by molar-refractivity contribution is 7.88. The number of carbonyl (C=O) groups excluding carboxylic acids is 1. The fourth-order valence-electron chi connectivity index (χ4n) is 5.87. The van der Waals surface area contributed by atoms with Crippen molar-refractivity contribution < 1.29 is 17.9 Å². The fourth-order valence-corrected chi connectivity index (χ4v) is 7.00. The van der Waals surface area contributed by atoms with Crippen molar-refractivity contribution in [3.63, 3.8) is 0 Å². The largest absolute Gasteiger partial charge is 0.480 e. The second-order valence-electron chi connectivity index (χ2n) is 10.9. The van der Waals surface area contributed by atoms with Crippen LogP contribution in [0.1, 0.15) is 30.9 Å². The van der Waals surface area contributed by atoms with Gasteiger partial charge in [-0.05, 0) is 62.6 Å². The first kappa shape index (κ1) is 27.2. The van der Waals surface area contributed by atoms with E-state index < -0.39 is 10.0 Å². The van der Waals surface area contributed by atoms with Crippen LogP contribution in [0.2, 0.25) is 0 Å². The minimum absolute atomic E-state index is 0.0167. The highest BCUT2D eigenvalue weighted by atomic mass is 32.2. The van der Waals surface area contributed by atoms with Crippen LogP contribution in [0, 0.1) is 13.8 Å². The SMILES string of the molecule is CCCN1C(=O)COc2ccc(Nc3nc(Nc4ccc(N5CC6CC5CN6S(C)(=O)=O)c(C)c4)ncc3C)nc21. The number of ether oxygens (including phenoxy) is 1. The summed E-state index contributed by atoms with van der Waals surface area (Å²) in [6, 6.07) is 9.95. The van der Waals surface area contributed by atoms with Gasteiger partial charge in [-0.3, -0.25) is 9.69 Å². The van der Waals surface area contributed by atoms with Crippen molar-refractivity contribution in [1.82, 2.24) is 19.3 Å². The Labute approximate surface area is 239 Å². The molecule has 0 saturated carbocycles. The molecule has 3 aliphatic heterocycles. The Hall–Kier alpha value is -3.97. The number of pyridine rings is 1. The van der Waals surface area contributed by atoms with E-state index >= 15 is 0 Å². The van der Waals surface area contributed by atoms with Crippen molar-refractivity contribution in [2.75, 3.05) is 52.9 Å².